The van der Waals surface area contributed by atoms with Gasteiger partial charge in [-0.3, -0.25) is 4.98 Å². The van der Waals surface area contributed by atoms with Gasteiger partial charge in [-0.2, -0.15) is 9.97 Å². The molecule has 0 bridgehead atoms. The van der Waals surface area contributed by atoms with Gasteiger partial charge in [-0.05, 0) is 37.3 Å². The number of anilines is 1. The third-order valence-corrected chi connectivity index (χ3v) is 3.97. The molecule has 0 N–H and O–H groups in total. The molecule has 1 aliphatic rings. The van der Waals surface area contributed by atoms with Gasteiger partial charge < -0.3 is 14.4 Å². The van der Waals surface area contributed by atoms with Gasteiger partial charge in [-0.1, -0.05) is 6.07 Å². The molecule has 0 radical (unpaired) electrons. The zero-order valence-electron chi connectivity index (χ0n) is 13.5. The molecule has 0 spiro atoms. The smallest absolute Gasteiger partial charge is 0.324 e. The lowest BCUT2D eigenvalue weighted by atomic mass is 9.93. The molecule has 122 valence electrons. The van der Waals surface area contributed by atoms with Gasteiger partial charge in [0.15, 0.2) is 0 Å². The van der Waals surface area contributed by atoms with E-state index < -0.39 is 0 Å². The van der Waals surface area contributed by atoms with Crippen molar-refractivity contribution in [1.29, 1.82) is 0 Å². The normalized spacial score (nSPS) is 17.8. The lowest BCUT2D eigenvalue weighted by Gasteiger charge is -2.32. The number of rotatable bonds is 5. The Morgan fingerprint density at radius 2 is 1.91 bits per heavy atom. The predicted octanol–water partition coefficient (Wildman–Crippen LogP) is 1.74. The van der Waals surface area contributed by atoms with Crippen LogP contribution < -0.4 is 14.4 Å². The minimum Gasteiger partial charge on any atom is -0.467 e. The Morgan fingerprint density at radius 3 is 2.57 bits per heavy atom. The van der Waals surface area contributed by atoms with E-state index in [-0.39, 0.29) is 12.0 Å². The van der Waals surface area contributed by atoms with Crippen molar-refractivity contribution in [2.45, 2.75) is 19.3 Å². The Kier molecular flexibility index (Phi) is 4.85. The quantitative estimate of drug-likeness (QED) is 0.832. The van der Waals surface area contributed by atoms with Crippen LogP contribution in [0.15, 0.2) is 24.4 Å². The molecule has 0 saturated carbocycles. The molecule has 1 unspecified atom stereocenters. The summed E-state index contributed by atoms with van der Waals surface area (Å²) < 4.78 is 10.3. The van der Waals surface area contributed by atoms with Gasteiger partial charge in [0, 0.05) is 25.0 Å². The number of ether oxygens (including phenoxy) is 2. The van der Waals surface area contributed by atoms with Gasteiger partial charge in [0.2, 0.25) is 5.95 Å². The fraction of sp³-hybridized carbons (Fsp3) is 0.500. The van der Waals surface area contributed by atoms with Crippen LogP contribution in [-0.4, -0.2) is 47.2 Å². The minimum absolute atomic E-state index is 0.277. The number of hydrogen-bond donors (Lipinski definition) is 0. The molecule has 3 heterocycles. The summed E-state index contributed by atoms with van der Waals surface area (Å²) in [4.78, 5) is 19.3. The molecule has 0 amide bonds. The van der Waals surface area contributed by atoms with E-state index in [1.807, 2.05) is 18.3 Å². The summed E-state index contributed by atoms with van der Waals surface area (Å²) in [7, 11) is 3.08. The largest absolute Gasteiger partial charge is 0.467 e. The number of piperidine rings is 1. The number of pyridine rings is 1. The topological polar surface area (TPSA) is 73.3 Å². The van der Waals surface area contributed by atoms with E-state index >= 15 is 0 Å². The van der Waals surface area contributed by atoms with Crippen LogP contribution in [0, 0.1) is 5.92 Å². The molecule has 7 nitrogen and oxygen atoms in total. The molecule has 1 fully saturated rings. The Hall–Kier alpha value is -2.44. The molecule has 2 aromatic heterocycles. The van der Waals surface area contributed by atoms with E-state index in [0.717, 1.165) is 31.6 Å². The molecule has 23 heavy (non-hydrogen) atoms. The van der Waals surface area contributed by atoms with E-state index in [9.17, 15) is 0 Å². The summed E-state index contributed by atoms with van der Waals surface area (Å²) in [6.45, 7) is 1.82. The van der Waals surface area contributed by atoms with Crippen molar-refractivity contribution >= 4 is 5.95 Å². The van der Waals surface area contributed by atoms with Crippen molar-refractivity contribution in [3.63, 3.8) is 0 Å². The average Bonchev–Trinajstić information content (AvgIpc) is 2.62. The fourth-order valence-electron chi connectivity index (χ4n) is 2.88. The highest BCUT2D eigenvalue weighted by Gasteiger charge is 2.23. The highest BCUT2D eigenvalue weighted by molar-refractivity contribution is 5.33. The van der Waals surface area contributed by atoms with Crippen molar-refractivity contribution in [2.75, 3.05) is 32.2 Å². The molecule has 2 aromatic rings. The molecular formula is C16H21N5O2. The van der Waals surface area contributed by atoms with Crippen molar-refractivity contribution < 1.29 is 9.47 Å². The van der Waals surface area contributed by atoms with E-state index in [4.69, 9.17) is 9.47 Å². The first-order valence-corrected chi connectivity index (χ1v) is 7.77. The second-order valence-corrected chi connectivity index (χ2v) is 5.59. The van der Waals surface area contributed by atoms with Crippen LogP contribution in [0.2, 0.25) is 0 Å². The Labute approximate surface area is 135 Å². The first kappa shape index (κ1) is 15.5. The summed E-state index contributed by atoms with van der Waals surface area (Å²) in [5.74, 6) is 1.15. The van der Waals surface area contributed by atoms with Crippen LogP contribution in [0.3, 0.4) is 0 Å². The average molecular weight is 315 g/mol. The maximum atomic E-state index is 5.13. The van der Waals surface area contributed by atoms with Crippen LogP contribution in [0.25, 0.3) is 0 Å². The van der Waals surface area contributed by atoms with Crippen LogP contribution in [0.5, 0.6) is 12.0 Å². The standard InChI is InChI=1S/C16H21N5O2/c1-22-15-18-14(19-16(20-15)23-2)21-9-5-6-12(11-21)10-13-7-3-4-8-17-13/h3-4,7-8,12H,5-6,9-11H2,1-2H3. The molecule has 1 atom stereocenters. The lowest BCUT2D eigenvalue weighted by Crippen LogP contribution is -2.37. The van der Waals surface area contributed by atoms with Crippen molar-refractivity contribution in [3.05, 3.63) is 30.1 Å². The number of methoxy groups -OCH3 is 2. The molecule has 1 aliphatic heterocycles. The summed E-state index contributed by atoms with van der Waals surface area (Å²) in [5.41, 5.74) is 1.13. The SMILES string of the molecule is COc1nc(OC)nc(N2CCCC(Cc3ccccn3)C2)n1. The lowest BCUT2D eigenvalue weighted by molar-refractivity contribution is 0.336. The van der Waals surface area contributed by atoms with Gasteiger partial charge in [0.1, 0.15) is 0 Å². The Morgan fingerprint density at radius 1 is 1.13 bits per heavy atom. The number of nitrogens with zero attached hydrogens (tertiary/aromatic N) is 5. The van der Waals surface area contributed by atoms with Gasteiger partial charge in [-0.15, -0.1) is 4.98 Å². The highest BCUT2D eigenvalue weighted by atomic mass is 16.5. The highest BCUT2D eigenvalue weighted by Crippen LogP contribution is 2.24. The van der Waals surface area contributed by atoms with Gasteiger partial charge >= 0.3 is 12.0 Å². The van der Waals surface area contributed by atoms with Gasteiger partial charge in [-0.25, -0.2) is 0 Å². The zero-order chi connectivity index (χ0) is 16.1. The Balaban J connectivity index is 1.73. The molecule has 0 aromatic carbocycles. The first-order valence-electron chi connectivity index (χ1n) is 7.77. The van der Waals surface area contributed by atoms with Crippen LogP contribution >= 0.6 is 0 Å². The van der Waals surface area contributed by atoms with E-state index in [2.05, 4.69) is 30.9 Å². The van der Waals surface area contributed by atoms with E-state index in [1.54, 1.807) is 14.2 Å². The van der Waals surface area contributed by atoms with Crippen LogP contribution in [0.1, 0.15) is 18.5 Å². The fourth-order valence-corrected chi connectivity index (χ4v) is 2.88. The van der Waals surface area contributed by atoms with Crippen LogP contribution in [-0.2, 0) is 6.42 Å². The first-order chi connectivity index (χ1) is 11.3. The summed E-state index contributed by atoms with van der Waals surface area (Å²) in [5, 5.41) is 0. The molecule has 3 rings (SSSR count). The van der Waals surface area contributed by atoms with Crippen molar-refractivity contribution in [1.82, 2.24) is 19.9 Å². The minimum atomic E-state index is 0.277. The third kappa shape index (κ3) is 3.85. The summed E-state index contributed by atoms with van der Waals surface area (Å²) in [6.07, 6.45) is 5.11. The van der Waals surface area contributed by atoms with E-state index in [0.29, 0.717) is 11.9 Å². The second-order valence-electron chi connectivity index (χ2n) is 5.59. The van der Waals surface area contributed by atoms with Gasteiger partial charge in [0.05, 0.1) is 14.2 Å². The zero-order valence-corrected chi connectivity index (χ0v) is 13.5. The number of hydrogen-bond acceptors (Lipinski definition) is 7. The third-order valence-electron chi connectivity index (χ3n) is 3.97. The van der Waals surface area contributed by atoms with Crippen molar-refractivity contribution in [3.8, 4) is 12.0 Å². The van der Waals surface area contributed by atoms with E-state index in [1.165, 1.54) is 6.42 Å². The predicted molar refractivity (Wildman–Crippen MR) is 85.8 cm³/mol. The maximum absolute atomic E-state index is 5.13. The molecular weight excluding hydrogens is 294 g/mol. The number of aromatic nitrogens is 4. The van der Waals surface area contributed by atoms with Crippen LogP contribution in [0.4, 0.5) is 5.95 Å². The maximum Gasteiger partial charge on any atom is 0.324 e. The molecule has 1 saturated heterocycles. The summed E-state index contributed by atoms with van der Waals surface area (Å²) in [6, 6.07) is 6.61. The monoisotopic (exact) mass is 315 g/mol. The van der Waals surface area contributed by atoms with Gasteiger partial charge in [0.25, 0.3) is 0 Å². The molecule has 0 aliphatic carbocycles. The summed E-state index contributed by atoms with van der Waals surface area (Å²) >= 11 is 0. The van der Waals surface area contributed by atoms with Crippen molar-refractivity contribution in [2.24, 2.45) is 5.92 Å². The Bertz CT molecular complexity index is 615. The second kappa shape index (κ2) is 7.21. The molecule has 7 heteroatoms.